The lowest BCUT2D eigenvalue weighted by Crippen LogP contribution is -2.13. The highest BCUT2D eigenvalue weighted by molar-refractivity contribution is 6.31. The van der Waals surface area contributed by atoms with Crippen LogP contribution in [0.15, 0.2) is 36.7 Å². The van der Waals surface area contributed by atoms with Crippen LogP contribution in [0.2, 0.25) is 5.02 Å². The minimum atomic E-state index is -0.632. The summed E-state index contributed by atoms with van der Waals surface area (Å²) in [7, 11) is 0. The molecule has 1 aromatic heterocycles. The Balaban J connectivity index is 1.55. The maximum Gasteiger partial charge on any atom is 0.285 e. The number of halogens is 2. The molecule has 0 bridgehead atoms. The van der Waals surface area contributed by atoms with Gasteiger partial charge in [0, 0.05) is 17.4 Å². The molecule has 150 valence electrons. The van der Waals surface area contributed by atoms with Gasteiger partial charge in [-0.3, -0.25) is 10.1 Å². The van der Waals surface area contributed by atoms with Gasteiger partial charge in [-0.25, -0.2) is 14.4 Å². The fourth-order valence-corrected chi connectivity index (χ4v) is 4.14. The van der Waals surface area contributed by atoms with E-state index >= 15 is 0 Å². The van der Waals surface area contributed by atoms with Crippen molar-refractivity contribution in [3.63, 3.8) is 0 Å². The van der Waals surface area contributed by atoms with Crippen molar-refractivity contribution in [3.8, 4) is 11.8 Å². The fourth-order valence-electron chi connectivity index (χ4n) is 3.96. The summed E-state index contributed by atoms with van der Waals surface area (Å²) in [5.74, 6) is 7.16. The summed E-state index contributed by atoms with van der Waals surface area (Å²) in [6, 6.07) is 7.48. The number of rotatable bonds is 3. The minimum Gasteiger partial charge on any atom is -0.337 e. The second kappa shape index (κ2) is 7.20. The number of anilines is 2. The number of nitro groups is 1. The van der Waals surface area contributed by atoms with E-state index in [2.05, 4.69) is 32.4 Å². The van der Waals surface area contributed by atoms with Crippen LogP contribution in [0.25, 0.3) is 10.9 Å². The molecule has 1 saturated carbocycles. The topological polar surface area (TPSA) is 93.0 Å². The quantitative estimate of drug-likeness (QED) is 0.377. The van der Waals surface area contributed by atoms with Crippen molar-refractivity contribution in [3.05, 3.63) is 63.2 Å². The zero-order valence-electron chi connectivity index (χ0n) is 15.5. The Morgan fingerprint density at radius 1 is 1.27 bits per heavy atom. The molecule has 0 unspecified atom stereocenters. The van der Waals surface area contributed by atoms with Crippen LogP contribution >= 0.6 is 11.6 Å². The van der Waals surface area contributed by atoms with Gasteiger partial charge in [0.15, 0.2) is 5.82 Å². The van der Waals surface area contributed by atoms with Gasteiger partial charge in [-0.1, -0.05) is 29.5 Å². The Labute approximate surface area is 175 Å². The molecule has 2 fully saturated rings. The predicted molar refractivity (Wildman–Crippen MR) is 111 cm³/mol. The lowest BCUT2D eigenvalue weighted by atomic mass is 10.1. The number of nitro benzene ring substituents is 1. The van der Waals surface area contributed by atoms with Crippen LogP contribution in [0.3, 0.4) is 0 Å². The Bertz CT molecular complexity index is 1250. The monoisotopic (exact) mass is 423 g/mol. The van der Waals surface area contributed by atoms with Crippen molar-refractivity contribution in [2.24, 2.45) is 17.8 Å². The standard InChI is InChI=1S/C21H15ClFN5O2/c22-16-2-1-3-17(20(16)23)27-21-13-7-19(28(29)30)11(6-18(13)25-10-26-21)4-5-12-14-8-24-9-15(12)14/h1-3,6-7,10,12,14-15,24H,8-9H2,(H,25,26,27)/t12-,14+,15-. The highest BCUT2D eigenvalue weighted by atomic mass is 35.5. The number of fused-ring (bicyclic) bond motifs is 2. The molecule has 2 heterocycles. The molecular formula is C21H15ClFN5O2. The molecule has 1 aliphatic carbocycles. The van der Waals surface area contributed by atoms with Crippen molar-refractivity contribution in [2.45, 2.75) is 0 Å². The van der Waals surface area contributed by atoms with Crippen molar-refractivity contribution in [2.75, 3.05) is 18.4 Å². The third-order valence-corrected chi connectivity index (χ3v) is 5.91. The molecule has 7 nitrogen and oxygen atoms in total. The number of nitrogens with zero attached hydrogens (tertiary/aromatic N) is 3. The largest absolute Gasteiger partial charge is 0.337 e. The second-order valence-corrected chi connectivity index (χ2v) is 7.78. The van der Waals surface area contributed by atoms with E-state index in [0.717, 1.165) is 13.1 Å². The van der Waals surface area contributed by atoms with E-state index in [1.807, 2.05) is 0 Å². The maximum atomic E-state index is 14.3. The Kier molecular flexibility index (Phi) is 4.50. The number of piperidine rings is 1. The summed E-state index contributed by atoms with van der Waals surface area (Å²) in [4.78, 5) is 19.5. The molecule has 9 heteroatoms. The van der Waals surface area contributed by atoms with Crippen LogP contribution in [-0.4, -0.2) is 28.0 Å². The zero-order valence-corrected chi connectivity index (χ0v) is 16.3. The first-order valence-corrected chi connectivity index (χ1v) is 9.77. The summed E-state index contributed by atoms with van der Waals surface area (Å²) >= 11 is 5.83. The predicted octanol–water partition coefficient (Wildman–Crippen LogP) is 3.89. The fraction of sp³-hybridized carbons (Fsp3) is 0.238. The van der Waals surface area contributed by atoms with E-state index in [-0.39, 0.29) is 28.1 Å². The van der Waals surface area contributed by atoms with Crippen molar-refractivity contribution in [1.82, 2.24) is 15.3 Å². The highest BCUT2D eigenvalue weighted by Crippen LogP contribution is 2.48. The van der Waals surface area contributed by atoms with Crippen molar-refractivity contribution >= 4 is 39.7 Å². The van der Waals surface area contributed by atoms with Gasteiger partial charge in [-0.15, -0.1) is 0 Å². The van der Waals surface area contributed by atoms with E-state index in [4.69, 9.17) is 11.6 Å². The van der Waals surface area contributed by atoms with E-state index in [9.17, 15) is 14.5 Å². The van der Waals surface area contributed by atoms with Gasteiger partial charge in [-0.2, -0.15) is 0 Å². The first kappa shape index (κ1) is 18.7. The first-order chi connectivity index (χ1) is 14.5. The van der Waals surface area contributed by atoms with Crippen LogP contribution in [-0.2, 0) is 0 Å². The number of hydrogen-bond donors (Lipinski definition) is 2. The third kappa shape index (κ3) is 3.22. The van der Waals surface area contributed by atoms with Gasteiger partial charge in [0.1, 0.15) is 17.7 Å². The lowest BCUT2D eigenvalue weighted by molar-refractivity contribution is -0.385. The average molecular weight is 424 g/mol. The summed E-state index contributed by atoms with van der Waals surface area (Å²) in [6.45, 7) is 1.90. The van der Waals surface area contributed by atoms with E-state index < -0.39 is 10.7 Å². The molecule has 2 aromatic carbocycles. The van der Waals surface area contributed by atoms with E-state index in [1.54, 1.807) is 12.1 Å². The van der Waals surface area contributed by atoms with Crippen LogP contribution < -0.4 is 10.6 Å². The molecule has 2 N–H and O–H groups in total. The van der Waals surface area contributed by atoms with Crippen molar-refractivity contribution < 1.29 is 9.31 Å². The van der Waals surface area contributed by atoms with Gasteiger partial charge in [0.25, 0.3) is 5.69 Å². The molecule has 0 radical (unpaired) electrons. The van der Waals surface area contributed by atoms with E-state index in [1.165, 1.54) is 24.5 Å². The Hall–Kier alpha value is -3.28. The summed E-state index contributed by atoms with van der Waals surface area (Å²) < 4.78 is 14.3. The first-order valence-electron chi connectivity index (χ1n) is 9.39. The summed E-state index contributed by atoms with van der Waals surface area (Å²) in [5.41, 5.74) is 0.762. The summed E-state index contributed by atoms with van der Waals surface area (Å²) in [5, 5.41) is 18.2. The normalized spacial score (nSPS) is 21.6. The van der Waals surface area contributed by atoms with Crippen LogP contribution in [0.4, 0.5) is 21.6 Å². The maximum absolute atomic E-state index is 14.3. The molecule has 1 saturated heterocycles. The molecule has 1 aliphatic heterocycles. The smallest absolute Gasteiger partial charge is 0.285 e. The average Bonchev–Trinajstić information content (AvgIpc) is 3.15. The molecule has 0 amide bonds. The molecule has 5 rings (SSSR count). The second-order valence-electron chi connectivity index (χ2n) is 7.37. The van der Waals surface area contributed by atoms with Gasteiger partial charge < -0.3 is 10.6 Å². The number of nitrogens with one attached hydrogen (secondary N) is 2. The van der Waals surface area contributed by atoms with Crippen molar-refractivity contribution in [1.29, 1.82) is 0 Å². The number of hydrogen-bond acceptors (Lipinski definition) is 6. The molecule has 30 heavy (non-hydrogen) atoms. The van der Waals surface area contributed by atoms with E-state index in [0.29, 0.717) is 28.3 Å². The molecular weight excluding hydrogens is 409 g/mol. The number of aromatic nitrogens is 2. The molecule has 3 aromatic rings. The summed E-state index contributed by atoms with van der Waals surface area (Å²) in [6.07, 6.45) is 1.31. The molecule has 2 aliphatic rings. The highest BCUT2D eigenvalue weighted by Gasteiger charge is 2.51. The minimum absolute atomic E-state index is 0.0399. The SMILES string of the molecule is O=[N+]([O-])c1cc2c(Nc3cccc(Cl)c3F)ncnc2cc1C#C[C@H]1[C@H]2CNC[C@@H]12. The van der Waals surface area contributed by atoms with Gasteiger partial charge >= 0.3 is 0 Å². The van der Waals surface area contributed by atoms with Crippen LogP contribution in [0.1, 0.15) is 5.56 Å². The Morgan fingerprint density at radius 2 is 2.07 bits per heavy atom. The molecule has 0 spiro atoms. The third-order valence-electron chi connectivity index (χ3n) is 5.62. The van der Waals surface area contributed by atoms with Gasteiger partial charge in [-0.05, 0) is 43.1 Å². The van der Waals surface area contributed by atoms with Crippen LogP contribution in [0, 0.1) is 45.5 Å². The molecule has 3 atom stereocenters. The van der Waals surface area contributed by atoms with Gasteiger partial charge in [0.2, 0.25) is 0 Å². The van der Waals surface area contributed by atoms with Gasteiger partial charge in [0.05, 0.1) is 21.2 Å². The number of benzene rings is 2. The van der Waals surface area contributed by atoms with Crippen LogP contribution in [0.5, 0.6) is 0 Å². The Morgan fingerprint density at radius 3 is 2.83 bits per heavy atom. The lowest BCUT2D eigenvalue weighted by Gasteiger charge is -2.10. The zero-order chi connectivity index (χ0) is 20.8.